The number of hydrogen-bond donors (Lipinski definition) is 21. The van der Waals surface area contributed by atoms with E-state index in [1.807, 2.05) is 13.8 Å². The molecule has 8 aliphatic heterocycles. The zero-order valence-corrected chi connectivity index (χ0v) is 80.8. The largest absolute Gasteiger partial charge is 0.506 e. The van der Waals surface area contributed by atoms with Crippen LogP contribution in [0.1, 0.15) is 186 Å². The van der Waals surface area contributed by atoms with Gasteiger partial charge in [-0.05, 0) is 130 Å². The van der Waals surface area contributed by atoms with E-state index in [1.54, 1.807) is 20.8 Å². The third-order valence-electron chi connectivity index (χ3n) is 32.8. The van der Waals surface area contributed by atoms with Gasteiger partial charge in [0, 0.05) is 19.8 Å². The maximum Gasteiger partial charge on any atom is 0.335 e. The standard InChI is InChI=1S/C94H148O46/c1-13-38(3)50(129-58(104)27-44(101)26-51(39(4)14-2)130-83-67(113)62(108)53(31-96)131-83)25-43(100)28-59(105)134-72-41(6)127-85(77(76(72)128-42(7)99)122-34-54-63(109)65(111)71(40(5)126-54)135-82-70(116)73(49(103)33-124-82)136-87-79(117)94(121,36-98)37-125-87)140-88(120)93-22-17-46-45(47(93)29-89(8,9)23-24-93)15-16-55-90(46,10)20-18-56-91(55,11)21-19-57(92(56,12)35-97)133-86-78(139-84-68(114)64(110)61(107)52(30-95)132-84)74(69(115)75(138-86)80(118)119)137-81-66(112)60(106)48(102)32-123-81/h15,35,38-41,43-44,46-57,61-65,67-79,81-87,95-96,98,100-103,106-117,121H,13-14,16-34,36-37H2,1-12H3,(H,118,119)/t38-,39-,40-,41+,43-,44-,46?,47-,48+,49+,50-,51-,52+,53-,54-,55-,56+,57-,61-,62-,63-,64-,65-,67+,68+,69-,70+,71-,72-,73-,74-,75-,76-,77+,78+,79-,81-,82-,83+,84-,85-,86+,87-,90-,91+,92-,93+,94+/m0/s1. The Labute approximate surface area is 809 Å². The van der Waals surface area contributed by atoms with Crippen molar-refractivity contribution in [2.75, 3.05) is 46.2 Å². The summed E-state index contributed by atoms with van der Waals surface area (Å²) in [6, 6.07) is 0. The molecule has 8 heterocycles. The Morgan fingerprint density at radius 1 is 0.536 bits per heavy atom. The summed E-state index contributed by atoms with van der Waals surface area (Å²) in [5.74, 6) is -9.57. The van der Waals surface area contributed by atoms with Gasteiger partial charge < -0.3 is 202 Å². The minimum Gasteiger partial charge on any atom is -0.506 e. The van der Waals surface area contributed by atoms with Crippen molar-refractivity contribution >= 4 is 36.1 Å². The van der Waals surface area contributed by atoms with Crippen LogP contribution < -0.4 is 0 Å². The monoisotopic (exact) mass is 2010 g/mol. The Bertz CT molecular complexity index is 4240. The number of hydrogen-bond acceptors (Lipinski definition) is 45. The van der Waals surface area contributed by atoms with Gasteiger partial charge in [0.2, 0.25) is 12.6 Å². The van der Waals surface area contributed by atoms with E-state index in [0.717, 1.165) is 18.8 Å². The molecule has 0 spiro atoms. The molecule has 11 fully saturated rings. The Morgan fingerprint density at radius 2 is 1.15 bits per heavy atom. The summed E-state index contributed by atoms with van der Waals surface area (Å²) >= 11 is 0. The fraction of sp³-hybridized carbons (Fsp3) is 0.894. The van der Waals surface area contributed by atoms with Crippen molar-refractivity contribution in [2.24, 2.45) is 62.6 Å². The number of fused-ring (bicyclic) bond motifs is 7. The van der Waals surface area contributed by atoms with Crippen molar-refractivity contribution < 1.29 is 226 Å². The summed E-state index contributed by atoms with van der Waals surface area (Å²) in [4.78, 5) is 86.0. The molecule has 0 aromatic heterocycles. The maximum atomic E-state index is 16.4. The number of carboxylic acid groups (broad SMARTS) is 1. The highest BCUT2D eigenvalue weighted by Crippen LogP contribution is 2.73. The second-order valence-corrected chi connectivity index (χ2v) is 42.5. The number of aldehydes is 1. The van der Waals surface area contributed by atoms with E-state index in [4.69, 9.17) is 90.0 Å². The molecule has 46 heteroatoms. The highest BCUT2D eigenvalue weighted by Gasteiger charge is 2.70. The van der Waals surface area contributed by atoms with Gasteiger partial charge in [0.15, 0.2) is 67.4 Å². The highest BCUT2D eigenvalue weighted by molar-refractivity contribution is 5.79. The number of aliphatic carboxylic acids is 1. The normalized spacial score (nSPS) is 46.0. The minimum atomic E-state index is -2.27. The smallest absolute Gasteiger partial charge is 0.335 e. The number of aliphatic hydroxyl groups excluding tert-OH is 19. The van der Waals surface area contributed by atoms with Gasteiger partial charge in [-0.25, -0.2) is 4.79 Å². The lowest BCUT2D eigenvalue weighted by molar-refractivity contribution is -0.384. The summed E-state index contributed by atoms with van der Waals surface area (Å²) in [6.07, 6.45) is -56.6. The van der Waals surface area contributed by atoms with Crippen LogP contribution in [0.15, 0.2) is 23.2 Å². The Balaban J connectivity index is 0.746. The number of carbonyl (C=O) groups excluding carboxylic acids is 5. The van der Waals surface area contributed by atoms with Crippen molar-refractivity contribution in [3.63, 3.8) is 0 Å². The molecule has 13 aliphatic rings. The molecule has 21 N–H and O–H groups in total. The molecule has 1 unspecified atom stereocenters. The predicted molar refractivity (Wildman–Crippen MR) is 467 cm³/mol. The van der Waals surface area contributed by atoms with Gasteiger partial charge in [0.1, 0.15) is 134 Å². The highest BCUT2D eigenvalue weighted by atomic mass is 16.8. The quantitative estimate of drug-likeness (QED) is 0.00980. The van der Waals surface area contributed by atoms with Crippen LogP contribution in [0.2, 0.25) is 0 Å². The molecule has 13 rings (SSSR count). The zero-order chi connectivity index (χ0) is 103. The van der Waals surface area contributed by atoms with Crippen LogP contribution in [0.25, 0.3) is 0 Å². The second kappa shape index (κ2) is 45.5. The average Bonchev–Trinajstić information content (AvgIpc) is 1.58. The lowest BCUT2D eigenvalue weighted by atomic mass is 9.37. The third-order valence-corrected chi connectivity index (χ3v) is 32.8. The van der Waals surface area contributed by atoms with E-state index in [9.17, 15) is 131 Å². The predicted octanol–water partition coefficient (Wildman–Crippen LogP) is -2.83. The van der Waals surface area contributed by atoms with Crippen LogP contribution in [-0.2, 0) is 119 Å². The first-order valence-corrected chi connectivity index (χ1v) is 48.9. The van der Waals surface area contributed by atoms with Crippen molar-refractivity contribution in [1.82, 2.24) is 0 Å². The Hall–Kier alpha value is -5.22. The summed E-state index contributed by atoms with van der Waals surface area (Å²) in [5, 5.41) is 229. The summed E-state index contributed by atoms with van der Waals surface area (Å²) in [5.41, 5.74) is -5.49. The van der Waals surface area contributed by atoms with Crippen LogP contribution in [0.4, 0.5) is 0 Å². The zero-order valence-electron chi connectivity index (χ0n) is 80.8. The number of carboxylic acids is 1. The lowest BCUT2D eigenvalue weighted by Crippen LogP contribution is -2.68. The molecule has 0 amide bonds. The van der Waals surface area contributed by atoms with E-state index in [1.165, 1.54) is 13.8 Å². The molecular weight excluding hydrogens is 1860 g/mol. The van der Waals surface area contributed by atoms with E-state index < -0.39 is 373 Å². The molecule has 4 saturated carbocycles. The number of aliphatic hydroxyl groups is 20. The molecule has 140 heavy (non-hydrogen) atoms. The number of rotatable bonds is 37. The van der Waals surface area contributed by atoms with E-state index in [0.29, 0.717) is 57.8 Å². The van der Waals surface area contributed by atoms with E-state index in [-0.39, 0.29) is 55.3 Å². The first-order valence-electron chi connectivity index (χ1n) is 48.9. The lowest BCUT2D eigenvalue weighted by Gasteiger charge is -2.68. The second-order valence-electron chi connectivity index (χ2n) is 42.5. The molecule has 800 valence electrons. The first kappa shape index (κ1) is 112. The van der Waals surface area contributed by atoms with Gasteiger partial charge >= 0.3 is 29.8 Å². The van der Waals surface area contributed by atoms with E-state index in [2.05, 4.69) is 33.8 Å². The van der Waals surface area contributed by atoms with Crippen LogP contribution in [-0.4, -0.2) is 422 Å². The summed E-state index contributed by atoms with van der Waals surface area (Å²) < 4.78 is 115. The van der Waals surface area contributed by atoms with Crippen LogP contribution >= 0.6 is 0 Å². The van der Waals surface area contributed by atoms with Gasteiger partial charge in [-0.15, -0.1) is 0 Å². The molecule has 0 bridgehead atoms. The molecule has 0 aromatic carbocycles. The fourth-order valence-electron chi connectivity index (χ4n) is 24.1. The summed E-state index contributed by atoms with van der Waals surface area (Å²) in [6.45, 7) is 16.4. The topological polar surface area (TPSA) is 703 Å². The molecule has 7 saturated heterocycles. The SMILES string of the molecule is CC[C@H](C)[C@H](C[C@H](O)CC(=O)O[C@@H]1[C@H](OC(C)=O)[C@@H](OC[C@@H]2O[C@@H](C)[C@H](O[C@@H]3OC[C@@H](O)[C@H](O[C@@H]4OC[C@](O)(CO)[C@H]4O)[C@H]3O)[C@@H](O)[C@H]2O)[C@H](OC(=O)[C@@]23CCC4C(=CC[C@@H]5[C@@]6(C)CC[C@H](O[C@@H]7O[C@H](C(=O)O)[C@@H](O)[C@H](O[C@@H]8OC[C@@H](O)C(O)=C8O)[C@H]7O[C@@H]7O[C@H](CO)[C@H](O)[C@H](O)[C@H]7O)[C@@](C)(C=O)[C@@H]6CC[C@@]45C)[C@@H]2CC(C)(C)CC3)O[C@@H]1C)OC(=O)C[C@@H](O)C[C@H](O[C@@H]1O[C@@H](CO)[C@H](O)[C@H]1O)[C@@H](C)CC. The van der Waals surface area contributed by atoms with Crippen molar-refractivity contribution in [1.29, 1.82) is 0 Å². The van der Waals surface area contributed by atoms with Gasteiger partial charge in [0.05, 0.1) is 107 Å². The minimum absolute atomic E-state index is 0.0891. The van der Waals surface area contributed by atoms with E-state index >= 15 is 4.79 Å². The molecule has 46 nitrogen and oxygen atoms in total. The Kier molecular flexibility index (Phi) is 36.4. The van der Waals surface area contributed by atoms with Crippen LogP contribution in [0.3, 0.4) is 0 Å². The molecule has 0 aromatic rings. The fourth-order valence-corrected chi connectivity index (χ4v) is 24.1. The summed E-state index contributed by atoms with van der Waals surface area (Å²) in [7, 11) is 0. The third kappa shape index (κ3) is 22.7. The molecule has 0 radical (unpaired) electrons. The molecule has 5 aliphatic carbocycles. The first-order chi connectivity index (χ1) is 65.9. The van der Waals surface area contributed by atoms with Gasteiger partial charge in [0.25, 0.3) is 0 Å². The van der Waals surface area contributed by atoms with Crippen molar-refractivity contribution in [2.45, 2.75) is 419 Å². The van der Waals surface area contributed by atoms with Crippen molar-refractivity contribution in [3.05, 3.63) is 23.2 Å². The Morgan fingerprint density at radius 3 is 1.79 bits per heavy atom. The van der Waals surface area contributed by atoms with Crippen molar-refractivity contribution in [3.8, 4) is 0 Å². The molecule has 48 atom stereocenters. The number of carbonyl (C=O) groups is 6. The molecular formula is C94H148O46. The van der Waals surface area contributed by atoms with Crippen LogP contribution in [0, 0.1) is 62.6 Å². The number of allylic oxidation sites excluding steroid dienone is 2. The number of ether oxygens (including phenoxy) is 19. The average molecular weight is 2010 g/mol. The number of esters is 4. The van der Waals surface area contributed by atoms with Gasteiger partial charge in [-0.3, -0.25) is 19.2 Å². The van der Waals surface area contributed by atoms with Gasteiger partial charge in [-0.2, -0.15) is 0 Å². The van der Waals surface area contributed by atoms with Gasteiger partial charge in [-0.1, -0.05) is 86.8 Å². The maximum absolute atomic E-state index is 16.4. The van der Waals surface area contributed by atoms with Crippen LogP contribution in [0.5, 0.6) is 0 Å².